The summed E-state index contributed by atoms with van der Waals surface area (Å²) < 4.78 is 29.5. The Morgan fingerprint density at radius 3 is 1.35 bits per heavy atom. The van der Waals surface area contributed by atoms with Crippen molar-refractivity contribution < 1.29 is 36.6 Å². The molecule has 0 radical (unpaired) electrons. The smallest absolute Gasteiger partial charge is 0.400 e. The van der Waals surface area contributed by atoms with Crippen LogP contribution in [-0.4, -0.2) is 90.9 Å². The van der Waals surface area contributed by atoms with Gasteiger partial charge >= 0.3 is 110 Å². The molecule has 0 atom stereocenters. The molecule has 2 rings (SSSR count). The molecule has 0 saturated carbocycles. The van der Waals surface area contributed by atoms with E-state index in [1.54, 1.807) is 79.2 Å². The number of unbranched alkanes of at least 4 members (excludes halogenated alkanes) is 3. The number of para-hydroxylation sites is 2. The van der Waals surface area contributed by atoms with Gasteiger partial charge in [-0.25, -0.2) is 0 Å². The van der Waals surface area contributed by atoms with Crippen molar-refractivity contribution in [3.63, 3.8) is 0 Å². The molecule has 49 heavy (non-hydrogen) atoms. The molecule has 0 aromatic heterocycles. The van der Waals surface area contributed by atoms with Crippen molar-refractivity contribution in [1.29, 1.82) is 0 Å². The molecule has 2 aromatic rings. The fourth-order valence-corrected chi connectivity index (χ4v) is 15.2. The Morgan fingerprint density at radius 1 is 0.755 bits per heavy atom. The van der Waals surface area contributed by atoms with E-state index in [4.69, 9.17) is 27.9 Å². The molecule has 0 amide bonds. The van der Waals surface area contributed by atoms with E-state index in [0.29, 0.717) is 17.5 Å². The van der Waals surface area contributed by atoms with E-state index in [9.17, 15) is 19.7 Å². The molecule has 11 nitrogen and oxygen atoms in total. The van der Waals surface area contributed by atoms with Crippen molar-refractivity contribution >= 4 is 61.8 Å². The van der Waals surface area contributed by atoms with E-state index in [2.05, 4.69) is 20.8 Å². The van der Waals surface area contributed by atoms with Crippen LogP contribution in [0.2, 0.25) is 26.4 Å². The molecule has 0 aliphatic heterocycles. The molecule has 0 spiro atoms. The van der Waals surface area contributed by atoms with Gasteiger partial charge in [0.25, 0.3) is 5.69 Å². The van der Waals surface area contributed by atoms with Crippen LogP contribution in [0.25, 0.3) is 0 Å². The van der Waals surface area contributed by atoms with Gasteiger partial charge in [0.1, 0.15) is 0 Å². The number of nitro benzene ring substituents is 1. The van der Waals surface area contributed by atoms with Gasteiger partial charge in [0.15, 0.2) is 12.6 Å². The summed E-state index contributed by atoms with van der Waals surface area (Å²) in [6.45, 7) is 10.8. The number of hydrogen-bond donors (Lipinski definition) is 1. The van der Waals surface area contributed by atoms with Crippen molar-refractivity contribution in [3.05, 3.63) is 69.8 Å². The molecular formula is C35H70N2O9Si2Sn. The topological polar surface area (TPSA) is 149 Å². The van der Waals surface area contributed by atoms with Crippen LogP contribution in [0.15, 0.2) is 48.5 Å². The van der Waals surface area contributed by atoms with Crippen LogP contribution in [0.5, 0.6) is 0 Å². The zero-order valence-corrected chi connectivity index (χ0v) is 35.9. The molecule has 0 fully saturated rings. The van der Waals surface area contributed by atoms with Crippen LogP contribution in [0.4, 0.5) is 11.4 Å². The van der Waals surface area contributed by atoms with Gasteiger partial charge in [-0.15, -0.1) is 0 Å². The van der Waals surface area contributed by atoms with Gasteiger partial charge in [0.05, 0.1) is 10.5 Å². The number of carbonyl (C=O) groups excluding carboxylic acids is 2. The minimum Gasteiger partial charge on any atom is -0.400 e. The minimum absolute atomic E-state index is 0. The largest absolute Gasteiger partial charge is 0.496 e. The minimum atomic E-state index is -2.17. The first-order valence-corrected chi connectivity index (χ1v) is 27.4. The summed E-state index contributed by atoms with van der Waals surface area (Å²) in [6, 6.07) is 12.8. The van der Waals surface area contributed by atoms with E-state index in [0.717, 1.165) is 6.29 Å². The molecule has 0 aliphatic carbocycles. The molecular weight excluding hydrogens is 767 g/mol. The SMILES string of the molecule is C.C.CCC[CH2][SnH]([CH2]CCC)[CH2]CCC.CO[SiH](C)OC.CO[Si](C)(OC)OC.Nc1ccccc1C=O.O=Cc1ccccc1[N+](=O)[O-]. The van der Waals surface area contributed by atoms with Crippen LogP contribution < -0.4 is 5.73 Å². The third-order valence-electron chi connectivity index (χ3n) is 7.06. The predicted molar refractivity (Wildman–Crippen MR) is 214 cm³/mol. The molecule has 286 valence electrons. The standard InChI is InChI=1S/C7H5NO3.C7H7NO.C4H12O3Si.3C4H9.C3H10O2Si.2CH4.Sn.H/c9-5-6-3-1-2-4-7(6)8(10)11;8-7-4-2-1-3-6(7)5-9;1-5-8(4,6-2)7-3;3*1-3-4-2;1-4-6(3)5-2;;;;/h1-5H;1-5H,8H2;1-4H3;3*1,3-4H2,2H3;6H,1-3H3;2*1H4;;. The average molecular weight is 838 g/mol. The number of aldehydes is 2. The van der Waals surface area contributed by atoms with E-state index in [1.807, 2.05) is 13.1 Å². The maximum atomic E-state index is 10.2. The van der Waals surface area contributed by atoms with Crippen LogP contribution in [0, 0.1) is 10.1 Å². The molecule has 0 aliphatic rings. The van der Waals surface area contributed by atoms with E-state index in [1.165, 1.54) is 56.7 Å². The quantitative estimate of drug-likeness (QED) is 0.0538. The number of carbonyl (C=O) groups is 2. The fraction of sp³-hybridized carbons (Fsp3) is 0.600. The second-order valence-corrected chi connectivity index (χ2v) is 25.4. The van der Waals surface area contributed by atoms with Crippen molar-refractivity contribution in [3.8, 4) is 0 Å². The van der Waals surface area contributed by atoms with Crippen LogP contribution in [0.1, 0.15) is 94.9 Å². The second kappa shape index (κ2) is 38.8. The summed E-state index contributed by atoms with van der Waals surface area (Å²) in [4.78, 5) is 30.0. The zero-order valence-electron chi connectivity index (χ0n) is 30.5. The van der Waals surface area contributed by atoms with E-state index in [-0.39, 0.29) is 26.1 Å². The van der Waals surface area contributed by atoms with Gasteiger partial charge in [0.2, 0.25) is 0 Å². The summed E-state index contributed by atoms with van der Waals surface area (Å²) in [5.74, 6) is 0. The van der Waals surface area contributed by atoms with Crippen molar-refractivity contribution in [2.45, 2.75) is 101 Å². The third-order valence-corrected chi connectivity index (χ3v) is 21.1. The number of rotatable bonds is 17. The van der Waals surface area contributed by atoms with Crippen LogP contribution in [-0.2, 0) is 22.1 Å². The van der Waals surface area contributed by atoms with Crippen molar-refractivity contribution in [1.82, 2.24) is 0 Å². The van der Waals surface area contributed by atoms with E-state index >= 15 is 0 Å². The predicted octanol–water partition coefficient (Wildman–Crippen LogP) is 9.00. The Hall–Kier alpha value is -1.99. The fourth-order valence-electron chi connectivity index (χ4n) is 3.63. The first-order chi connectivity index (χ1) is 22.4. The average Bonchev–Trinajstić information content (AvgIpc) is 3.11. The number of hydrogen-bond acceptors (Lipinski definition) is 10. The van der Waals surface area contributed by atoms with Crippen molar-refractivity contribution in [2.24, 2.45) is 0 Å². The Labute approximate surface area is 308 Å². The molecule has 0 saturated heterocycles. The summed E-state index contributed by atoms with van der Waals surface area (Å²) in [5.41, 5.74) is 6.45. The Kier molecular flexibility index (Phi) is 44.7. The summed E-state index contributed by atoms with van der Waals surface area (Å²) >= 11 is -0.967. The van der Waals surface area contributed by atoms with E-state index < -0.39 is 42.8 Å². The van der Waals surface area contributed by atoms with Crippen LogP contribution in [0.3, 0.4) is 0 Å². The maximum absolute atomic E-state index is 10.2. The normalized spacial score (nSPS) is 9.80. The molecule has 0 heterocycles. The number of benzene rings is 2. The Balaban J connectivity index is -0.000000166. The van der Waals surface area contributed by atoms with Gasteiger partial charge in [0, 0.05) is 59.4 Å². The molecule has 0 bridgehead atoms. The van der Waals surface area contributed by atoms with Gasteiger partial charge in [-0.3, -0.25) is 19.7 Å². The summed E-state index contributed by atoms with van der Waals surface area (Å²) in [5, 5.41) is 10.2. The summed E-state index contributed by atoms with van der Waals surface area (Å²) in [6.07, 6.45) is 10.1. The number of nitrogen functional groups attached to an aromatic ring is 1. The second-order valence-electron chi connectivity index (χ2n) is 10.5. The Bertz CT molecular complexity index is 1020. The molecule has 2 aromatic carbocycles. The maximum Gasteiger partial charge on any atom is 0.496 e. The third kappa shape index (κ3) is 31.7. The first kappa shape index (κ1) is 56.4. The number of anilines is 1. The monoisotopic (exact) mass is 838 g/mol. The van der Waals surface area contributed by atoms with Gasteiger partial charge in [-0.2, -0.15) is 0 Å². The van der Waals surface area contributed by atoms with Crippen LogP contribution >= 0.6 is 0 Å². The molecule has 2 N–H and O–H groups in total. The van der Waals surface area contributed by atoms with Crippen molar-refractivity contribution in [2.75, 3.05) is 41.3 Å². The molecule has 0 unspecified atom stereocenters. The first-order valence-electron chi connectivity index (χ1n) is 16.1. The summed E-state index contributed by atoms with van der Waals surface area (Å²) in [7, 11) is 4.75. The zero-order chi connectivity index (χ0) is 36.5. The number of nitrogens with two attached hydrogens (primary N) is 1. The number of nitro groups is 1. The van der Waals surface area contributed by atoms with Gasteiger partial charge in [-0.1, -0.05) is 39.1 Å². The Morgan fingerprint density at radius 2 is 1.12 bits per heavy atom. The molecule has 14 heteroatoms. The van der Waals surface area contributed by atoms with Gasteiger partial charge in [-0.05, 0) is 24.7 Å². The van der Waals surface area contributed by atoms with Gasteiger partial charge < -0.3 is 27.9 Å². The number of nitrogens with zero attached hydrogens (tertiary/aromatic N) is 1.